The molecule has 0 spiro atoms. The first-order valence-electron chi connectivity index (χ1n) is 4.50. The highest BCUT2D eigenvalue weighted by Crippen LogP contribution is 2.26. The molecule has 14 heavy (non-hydrogen) atoms. The fraction of sp³-hybridized carbons (Fsp3) is 0.333. The van der Waals surface area contributed by atoms with Gasteiger partial charge in [0, 0.05) is 11.3 Å². The second kappa shape index (κ2) is 5.74. The molecule has 74 valence electrons. The van der Waals surface area contributed by atoms with Crippen molar-refractivity contribution >= 4 is 11.8 Å². The van der Waals surface area contributed by atoms with E-state index in [0.29, 0.717) is 6.42 Å². The van der Waals surface area contributed by atoms with E-state index in [4.69, 9.17) is 0 Å². The molecule has 1 N–H and O–H groups in total. The van der Waals surface area contributed by atoms with Crippen LogP contribution in [0.1, 0.15) is 25.0 Å². The Kier molecular flexibility index (Phi) is 4.58. The molecule has 1 aromatic carbocycles. The van der Waals surface area contributed by atoms with E-state index in [2.05, 4.69) is 11.8 Å². The van der Waals surface area contributed by atoms with Gasteiger partial charge in [0.15, 0.2) is 0 Å². The van der Waals surface area contributed by atoms with Crippen LogP contribution in [0.3, 0.4) is 0 Å². The summed E-state index contributed by atoms with van der Waals surface area (Å²) in [5, 5.41) is 9.85. The Bertz CT molecular complexity index is 349. The predicted molar refractivity (Wildman–Crippen MR) is 61.2 cm³/mol. The molecule has 0 aromatic heterocycles. The molecule has 0 radical (unpaired) electrons. The molecule has 0 amide bonds. The number of rotatable bonds is 3. The molecule has 2 heteroatoms. The van der Waals surface area contributed by atoms with E-state index in [-0.39, 0.29) is 0 Å². The van der Waals surface area contributed by atoms with Gasteiger partial charge in [-0.1, -0.05) is 18.2 Å². The number of benzene rings is 1. The minimum absolute atomic E-state index is 0.467. The zero-order valence-electron chi connectivity index (χ0n) is 8.45. The molecule has 0 saturated carbocycles. The Morgan fingerprint density at radius 3 is 2.79 bits per heavy atom. The highest BCUT2D eigenvalue weighted by atomic mass is 32.2. The summed E-state index contributed by atoms with van der Waals surface area (Å²) < 4.78 is 0. The third-order valence-corrected chi connectivity index (χ3v) is 2.78. The van der Waals surface area contributed by atoms with Crippen molar-refractivity contribution in [2.24, 2.45) is 0 Å². The molecule has 0 heterocycles. The average molecular weight is 206 g/mol. The Morgan fingerprint density at radius 1 is 1.43 bits per heavy atom. The molecule has 0 aliphatic heterocycles. The summed E-state index contributed by atoms with van der Waals surface area (Å²) in [4.78, 5) is 1.12. The Balaban J connectivity index is 2.85. The van der Waals surface area contributed by atoms with Crippen molar-refractivity contribution in [1.29, 1.82) is 0 Å². The summed E-state index contributed by atoms with van der Waals surface area (Å²) in [7, 11) is 0. The van der Waals surface area contributed by atoms with Crippen LogP contribution in [-0.4, -0.2) is 11.4 Å². The van der Waals surface area contributed by atoms with Gasteiger partial charge in [-0.15, -0.1) is 23.6 Å². The minimum atomic E-state index is -0.467. The van der Waals surface area contributed by atoms with Gasteiger partial charge < -0.3 is 5.11 Å². The van der Waals surface area contributed by atoms with Crippen LogP contribution in [0.5, 0.6) is 0 Å². The van der Waals surface area contributed by atoms with Crippen LogP contribution in [0.15, 0.2) is 29.2 Å². The fourth-order valence-corrected chi connectivity index (χ4v) is 1.90. The summed E-state index contributed by atoms with van der Waals surface area (Å²) in [6, 6.07) is 7.89. The summed E-state index contributed by atoms with van der Waals surface area (Å²) in [6.07, 6.45) is 2.05. The molecule has 1 nitrogen and oxygen atoms in total. The quantitative estimate of drug-likeness (QED) is 0.606. The summed E-state index contributed by atoms with van der Waals surface area (Å²) in [5.74, 6) is 5.68. The number of hydrogen-bond donors (Lipinski definition) is 1. The van der Waals surface area contributed by atoms with Gasteiger partial charge in [-0.25, -0.2) is 0 Å². The van der Waals surface area contributed by atoms with E-state index in [0.717, 1.165) is 10.5 Å². The van der Waals surface area contributed by atoms with Crippen LogP contribution in [0, 0.1) is 11.8 Å². The maximum Gasteiger partial charge on any atom is 0.0909 e. The van der Waals surface area contributed by atoms with Crippen molar-refractivity contribution in [2.75, 3.05) is 6.26 Å². The lowest BCUT2D eigenvalue weighted by molar-refractivity contribution is 0.181. The molecular weight excluding hydrogens is 192 g/mol. The van der Waals surface area contributed by atoms with Crippen molar-refractivity contribution in [3.63, 3.8) is 0 Å². The van der Waals surface area contributed by atoms with Crippen LogP contribution >= 0.6 is 11.8 Å². The molecule has 0 bridgehead atoms. The van der Waals surface area contributed by atoms with Crippen molar-refractivity contribution in [1.82, 2.24) is 0 Å². The Labute approximate surface area is 89.5 Å². The highest BCUT2D eigenvalue weighted by molar-refractivity contribution is 7.98. The minimum Gasteiger partial charge on any atom is -0.387 e. The monoisotopic (exact) mass is 206 g/mol. The average Bonchev–Trinajstić information content (AvgIpc) is 2.25. The molecule has 0 aliphatic rings. The van der Waals surface area contributed by atoms with Gasteiger partial charge in [-0.05, 0) is 24.8 Å². The predicted octanol–water partition coefficient (Wildman–Crippen LogP) is 2.86. The van der Waals surface area contributed by atoms with Crippen LogP contribution in [0.4, 0.5) is 0 Å². The van der Waals surface area contributed by atoms with E-state index in [1.165, 1.54) is 0 Å². The van der Waals surface area contributed by atoms with Crippen LogP contribution < -0.4 is 0 Å². The van der Waals surface area contributed by atoms with Gasteiger partial charge in [-0.2, -0.15) is 0 Å². The maximum atomic E-state index is 9.85. The fourth-order valence-electron chi connectivity index (χ4n) is 1.25. The third kappa shape index (κ3) is 2.80. The van der Waals surface area contributed by atoms with Crippen molar-refractivity contribution in [2.45, 2.75) is 24.3 Å². The van der Waals surface area contributed by atoms with Crippen LogP contribution in [-0.2, 0) is 0 Å². The standard InChI is InChI=1S/C12H14OS/c1-3-4-8-11(13)10-7-5-6-9-12(10)14-2/h5-7,9,11,13H,8H2,1-2H3. The smallest absolute Gasteiger partial charge is 0.0909 e. The van der Waals surface area contributed by atoms with E-state index < -0.39 is 6.10 Å². The Morgan fingerprint density at radius 2 is 2.14 bits per heavy atom. The van der Waals surface area contributed by atoms with Crippen LogP contribution in [0.2, 0.25) is 0 Å². The molecule has 1 unspecified atom stereocenters. The number of thioether (sulfide) groups is 1. The maximum absolute atomic E-state index is 9.85. The van der Waals surface area contributed by atoms with E-state index in [1.807, 2.05) is 30.5 Å². The summed E-state index contributed by atoms with van der Waals surface area (Å²) in [5.41, 5.74) is 0.975. The lowest BCUT2D eigenvalue weighted by Crippen LogP contribution is -1.97. The Hall–Kier alpha value is -0.910. The van der Waals surface area contributed by atoms with E-state index in [1.54, 1.807) is 18.7 Å². The molecular formula is C12H14OS. The van der Waals surface area contributed by atoms with Crippen LogP contribution in [0.25, 0.3) is 0 Å². The molecule has 0 saturated heterocycles. The molecule has 1 rings (SSSR count). The molecule has 1 aromatic rings. The number of aliphatic hydroxyl groups is 1. The SMILES string of the molecule is CC#CCC(O)c1ccccc1SC. The molecule has 1 atom stereocenters. The second-order valence-electron chi connectivity index (χ2n) is 2.89. The lowest BCUT2D eigenvalue weighted by atomic mass is 10.1. The van der Waals surface area contributed by atoms with E-state index >= 15 is 0 Å². The van der Waals surface area contributed by atoms with Gasteiger partial charge in [0.05, 0.1) is 6.10 Å². The molecule has 0 aliphatic carbocycles. The van der Waals surface area contributed by atoms with Gasteiger partial charge >= 0.3 is 0 Å². The molecule has 0 fully saturated rings. The van der Waals surface area contributed by atoms with Gasteiger partial charge in [-0.3, -0.25) is 0 Å². The number of aliphatic hydroxyl groups excluding tert-OH is 1. The summed E-state index contributed by atoms with van der Waals surface area (Å²) in [6.45, 7) is 1.78. The van der Waals surface area contributed by atoms with Gasteiger partial charge in [0.2, 0.25) is 0 Å². The zero-order chi connectivity index (χ0) is 10.4. The lowest BCUT2D eigenvalue weighted by Gasteiger charge is -2.11. The van der Waals surface area contributed by atoms with E-state index in [9.17, 15) is 5.11 Å². The topological polar surface area (TPSA) is 20.2 Å². The zero-order valence-corrected chi connectivity index (χ0v) is 9.27. The normalized spacial score (nSPS) is 11.6. The van der Waals surface area contributed by atoms with Gasteiger partial charge in [0.25, 0.3) is 0 Å². The first-order valence-corrected chi connectivity index (χ1v) is 5.72. The van der Waals surface area contributed by atoms with Crippen molar-refractivity contribution < 1.29 is 5.11 Å². The number of hydrogen-bond acceptors (Lipinski definition) is 2. The summed E-state index contributed by atoms with van der Waals surface area (Å²) >= 11 is 1.65. The largest absolute Gasteiger partial charge is 0.387 e. The van der Waals surface area contributed by atoms with Gasteiger partial charge in [0.1, 0.15) is 0 Å². The van der Waals surface area contributed by atoms with Crippen molar-refractivity contribution in [3.8, 4) is 11.8 Å². The highest BCUT2D eigenvalue weighted by Gasteiger charge is 2.09. The third-order valence-electron chi connectivity index (χ3n) is 1.97. The first kappa shape index (κ1) is 11.2. The van der Waals surface area contributed by atoms with Crippen molar-refractivity contribution in [3.05, 3.63) is 29.8 Å². The second-order valence-corrected chi connectivity index (χ2v) is 3.74. The first-order chi connectivity index (χ1) is 6.79.